The Balaban J connectivity index is 1.25. The number of nitrogens with zero attached hydrogens (tertiary/aromatic N) is 3. The van der Waals surface area contributed by atoms with Crippen molar-refractivity contribution >= 4 is 11.5 Å². The molecule has 5 rings (SSSR count). The maximum absolute atomic E-state index is 13.6. The molecule has 1 fully saturated rings. The van der Waals surface area contributed by atoms with Gasteiger partial charge in [0.25, 0.3) is 0 Å². The molecule has 174 valence electrons. The summed E-state index contributed by atoms with van der Waals surface area (Å²) in [5.74, 6) is 1.91. The summed E-state index contributed by atoms with van der Waals surface area (Å²) in [6.45, 7) is 6.20. The summed E-state index contributed by atoms with van der Waals surface area (Å²) in [4.78, 5) is 4.86. The SMILES string of the molecule is COc1cc2c(cc1OCCCN1CCN(C)CC1)Cc1c(Nc3cccc(F)c3)n[nH]c1-2. The number of anilines is 2. The van der Waals surface area contributed by atoms with E-state index in [9.17, 15) is 4.39 Å². The Kier molecular flexibility index (Phi) is 6.20. The smallest absolute Gasteiger partial charge is 0.161 e. The zero-order chi connectivity index (χ0) is 22.8. The molecular formula is C25H30FN5O2. The highest BCUT2D eigenvalue weighted by Crippen LogP contribution is 2.44. The van der Waals surface area contributed by atoms with Crippen molar-refractivity contribution in [2.75, 3.05) is 58.8 Å². The Morgan fingerprint density at radius 3 is 2.76 bits per heavy atom. The van der Waals surface area contributed by atoms with E-state index in [0.717, 1.165) is 79.4 Å². The van der Waals surface area contributed by atoms with Crippen LogP contribution in [0.1, 0.15) is 17.5 Å². The van der Waals surface area contributed by atoms with Crippen molar-refractivity contribution in [3.63, 3.8) is 0 Å². The van der Waals surface area contributed by atoms with Gasteiger partial charge >= 0.3 is 0 Å². The predicted molar refractivity (Wildman–Crippen MR) is 127 cm³/mol. The van der Waals surface area contributed by atoms with E-state index in [-0.39, 0.29) is 5.82 Å². The third-order valence-electron chi connectivity index (χ3n) is 6.45. The molecule has 0 atom stereocenters. The number of aromatic amines is 1. The first-order valence-electron chi connectivity index (χ1n) is 11.5. The van der Waals surface area contributed by atoms with Crippen LogP contribution in [0, 0.1) is 5.82 Å². The topological polar surface area (TPSA) is 65.7 Å². The minimum atomic E-state index is -0.283. The fourth-order valence-electron chi connectivity index (χ4n) is 4.55. The summed E-state index contributed by atoms with van der Waals surface area (Å²) in [6, 6.07) is 10.5. The molecule has 3 aromatic rings. The number of halogens is 1. The van der Waals surface area contributed by atoms with Gasteiger partial charge in [-0.05, 0) is 49.4 Å². The lowest BCUT2D eigenvalue weighted by molar-refractivity contribution is 0.145. The first-order valence-corrected chi connectivity index (χ1v) is 11.5. The average Bonchev–Trinajstić information content (AvgIpc) is 3.36. The van der Waals surface area contributed by atoms with Crippen molar-refractivity contribution in [3.8, 4) is 22.8 Å². The van der Waals surface area contributed by atoms with Gasteiger partial charge in [0.1, 0.15) is 5.82 Å². The zero-order valence-corrected chi connectivity index (χ0v) is 19.2. The number of rotatable bonds is 8. The molecule has 1 aliphatic carbocycles. The maximum atomic E-state index is 13.6. The molecule has 7 nitrogen and oxygen atoms in total. The Morgan fingerprint density at radius 2 is 1.97 bits per heavy atom. The Morgan fingerprint density at radius 1 is 1.12 bits per heavy atom. The van der Waals surface area contributed by atoms with E-state index in [1.807, 2.05) is 12.1 Å². The van der Waals surface area contributed by atoms with Crippen LogP contribution >= 0.6 is 0 Å². The minimum Gasteiger partial charge on any atom is -0.493 e. The number of piperazine rings is 1. The van der Waals surface area contributed by atoms with Crippen LogP contribution < -0.4 is 14.8 Å². The molecule has 2 aliphatic rings. The monoisotopic (exact) mass is 451 g/mol. The normalized spacial score (nSPS) is 15.8. The van der Waals surface area contributed by atoms with E-state index in [2.05, 4.69) is 38.4 Å². The molecule has 8 heteroatoms. The lowest BCUT2D eigenvalue weighted by atomic mass is 10.1. The van der Waals surface area contributed by atoms with Gasteiger partial charge in [0, 0.05) is 56.0 Å². The van der Waals surface area contributed by atoms with Crippen molar-refractivity contribution in [3.05, 3.63) is 53.3 Å². The van der Waals surface area contributed by atoms with Crippen LogP contribution in [0.25, 0.3) is 11.3 Å². The summed E-state index contributed by atoms with van der Waals surface area (Å²) in [5.41, 5.74) is 4.91. The molecule has 0 saturated carbocycles. The number of aromatic nitrogens is 2. The van der Waals surface area contributed by atoms with Crippen LogP contribution in [-0.4, -0.2) is 73.5 Å². The number of ether oxygens (including phenoxy) is 2. The van der Waals surface area contributed by atoms with Crippen molar-refractivity contribution in [1.29, 1.82) is 0 Å². The quantitative estimate of drug-likeness (QED) is 0.396. The summed E-state index contributed by atoms with van der Waals surface area (Å²) in [6.07, 6.45) is 1.70. The van der Waals surface area contributed by atoms with Gasteiger partial charge < -0.3 is 24.6 Å². The van der Waals surface area contributed by atoms with E-state index in [1.54, 1.807) is 13.2 Å². The lowest BCUT2D eigenvalue weighted by Crippen LogP contribution is -2.44. The fourth-order valence-corrected chi connectivity index (χ4v) is 4.55. The molecule has 2 N–H and O–H groups in total. The number of methoxy groups -OCH3 is 1. The third kappa shape index (κ3) is 4.67. The predicted octanol–water partition coefficient (Wildman–Crippen LogP) is 3.89. The second kappa shape index (κ2) is 9.41. The second-order valence-corrected chi connectivity index (χ2v) is 8.75. The fraction of sp³-hybridized carbons (Fsp3) is 0.400. The van der Waals surface area contributed by atoms with Crippen LogP contribution in [0.2, 0.25) is 0 Å². The van der Waals surface area contributed by atoms with Crippen molar-refractivity contribution in [2.24, 2.45) is 0 Å². The third-order valence-corrected chi connectivity index (χ3v) is 6.45. The van der Waals surface area contributed by atoms with Gasteiger partial charge in [-0.25, -0.2) is 4.39 Å². The van der Waals surface area contributed by atoms with Gasteiger partial charge in [-0.1, -0.05) is 6.07 Å². The van der Waals surface area contributed by atoms with Gasteiger partial charge in [0.05, 0.1) is 19.4 Å². The van der Waals surface area contributed by atoms with Crippen molar-refractivity contribution < 1.29 is 13.9 Å². The van der Waals surface area contributed by atoms with E-state index < -0.39 is 0 Å². The van der Waals surface area contributed by atoms with Gasteiger partial charge in [-0.2, -0.15) is 5.10 Å². The molecule has 1 aliphatic heterocycles. The summed E-state index contributed by atoms with van der Waals surface area (Å²) in [7, 11) is 3.84. The number of hydrogen-bond donors (Lipinski definition) is 2. The van der Waals surface area contributed by atoms with E-state index in [4.69, 9.17) is 9.47 Å². The van der Waals surface area contributed by atoms with Crippen LogP contribution in [0.5, 0.6) is 11.5 Å². The molecule has 2 aromatic carbocycles. The molecule has 1 saturated heterocycles. The highest BCUT2D eigenvalue weighted by Gasteiger charge is 2.27. The largest absolute Gasteiger partial charge is 0.493 e. The van der Waals surface area contributed by atoms with E-state index in [1.165, 1.54) is 12.1 Å². The van der Waals surface area contributed by atoms with Gasteiger partial charge in [0.15, 0.2) is 17.3 Å². The number of fused-ring (bicyclic) bond motifs is 3. The molecule has 0 unspecified atom stereocenters. The molecule has 33 heavy (non-hydrogen) atoms. The highest BCUT2D eigenvalue weighted by atomic mass is 19.1. The summed E-state index contributed by atoms with van der Waals surface area (Å²) in [5, 5.41) is 10.8. The standard InChI is InChI=1S/C25H30FN5O2/c1-30-8-10-31(11-9-30)7-4-12-33-23-14-17-13-21-24(20(17)16-22(23)32-2)28-29-25(21)27-19-6-3-5-18(26)15-19/h3,5-6,14-16H,4,7-13H2,1-2H3,(H2,27,28,29). The second-order valence-electron chi connectivity index (χ2n) is 8.75. The first kappa shape index (κ1) is 21.7. The molecule has 0 bridgehead atoms. The number of hydrogen-bond acceptors (Lipinski definition) is 6. The van der Waals surface area contributed by atoms with Crippen LogP contribution in [-0.2, 0) is 6.42 Å². The highest BCUT2D eigenvalue weighted by molar-refractivity contribution is 5.81. The minimum absolute atomic E-state index is 0.283. The molecule has 1 aromatic heterocycles. The Bertz CT molecular complexity index is 1120. The van der Waals surface area contributed by atoms with Crippen molar-refractivity contribution in [2.45, 2.75) is 12.8 Å². The van der Waals surface area contributed by atoms with Gasteiger partial charge in [-0.3, -0.25) is 5.10 Å². The van der Waals surface area contributed by atoms with Crippen LogP contribution in [0.3, 0.4) is 0 Å². The number of H-pyrrole nitrogens is 1. The van der Waals surface area contributed by atoms with E-state index in [0.29, 0.717) is 18.1 Å². The number of benzene rings is 2. The van der Waals surface area contributed by atoms with Crippen molar-refractivity contribution in [1.82, 2.24) is 20.0 Å². The Hall–Kier alpha value is -3.10. The molecule has 0 radical (unpaired) electrons. The summed E-state index contributed by atoms with van der Waals surface area (Å²) < 4.78 is 25.3. The zero-order valence-electron chi connectivity index (χ0n) is 19.2. The number of likely N-dealkylation sites (N-methyl/N-ethyl adjacent to an activating group) is 1. The first-order chi connectivity index (χ1) is 16.1. The Labute approximate surface area is 193 Å². The molecule has 2 heterocycles. The van der Waals surface area contributed by atoms with E-state index >= 15 is 0 Å². The molecule has 0 spiro atoms. The maximum Gasteiger partial charge on any atom is 0.161 e. The number of nitrogens with one attached hydrogen (secondary N) is 2. The summed E-state index contributed by atoms with van der Waals surface area (Å²) >= 11 is 0. The van der Waals surface area contributed by atoms with Gasteiger partial charge in [0.2, 0.25) is 0 Å². The molecular weight excluding hydrogens is 421 g/mol. The van der Waals surface area contributed by atoms with Crippen LogP contribution in [0.4, 0.5) is 15.9 Å². The average molecular weight is 452 g/mol. The van der Waals surface area contributed by atoms with Crippen LogP contribution in [0.15, 0.2) is 36.4 Å². The van der Waals surface area contributed by atoms with Gasteiger partial charge in [-0.15, -0.1) is 0 Å². The lowest BCUT2D eigenvalue weighted by Gasteiger charge is -2.32. The molecule has 0 amide bonds.